The highest BCUT2D eigenvalue weighted by Crippen LogP contribution is 2.23. The maximum absolute atomic E-state index is 12.9. The van der Waals surface area contributed by atoms with Crippen molar-refractivity contribution in [2.75, 3.05) is 39.3 Å². The van der Waals surface area contributed by atoms with E-state index in [-0.39, 0.29) is 17.7 Å². The number of rotatable bonds is 8. The average Bonchev–Trinajstić information content (AvgIpc) is 3.39. The van der Waals surface area contributed by atoms with Gasteiger partial charge in [0.05, 0.1) is 18.0 Å². The number of nitrogens with zero attached hydrogens (tertiary/aromatic N) is 5. The molecule has 3 rings (SSSR count). The predicted octanol–water partition coefficient (Wildman–Crippen LogP) is 2.34. The molecular weight excluding hydrogens is 390 g/mol. The van der Waals surface area contributed by atoms with Crippen molar-refractivity contribution in [1.29, 1.82) is 0 Å². The largest absolute Gasteiger partial charge is 0.418 e. The van der Waals surface area contributed by atoms with Gasteiger partial charge in [-0.2, -0.15) is 0 Å². The maximum Gasteiger partial charge on any atom is 0.257 e. The first-order valence-corrected chi connectivity index (χ1v) is 11.0. The van der Waals surface area contributed by atoms with Gasteiger partial charge in [-0.15, -0.1) is 21.5 Å². The summed E-state index contributed by atoms with van der Waals surface area (Å²) in [6.07, 6.45) is 0.855. The van der Waals surface area contributed by atoms with Crippen LogP contribution in [0.2, 0.25) is 0 Å². The summed E-state index contributed by atoms with van der Waals surface area (Å²) in [4.78, 5) is 31.7. The van der Waals surface area contributed by atoms with E-state index in [1.165, 1.54) is 0 Å². The van der Waals surface area contributed by atoms with Gasteiger partial charge in [-0.05, 0) is 17.9 Å². The van der Waals surface area contributed by atoms with E-state index in [4.69, 9.17) is 4.42 Å². The van der Waals surface area contributed by atoms with Crippen molar-refractivity contribution in [2.24, 2.45) is 5.92 Å². The third kappa shape index (κ3) is 5.63. The van der Waals surface area contributed by atoms with Gasteiger partial charge in [-0.3, -0.25) is 14.5 Å². The lowest BCUT2D eigenvalue weighted by Gasteiger charge is -2.36. The monoisotopic (exact) mass is 419 g/mol. The molecule has 0 atom stereocenters. The molecule has 29 heavy (non-hydrogen) atoms. The topological polar surface area (TPSA) is 82.8 Å². The summed E-state index contributed by atoms with van der Waals surface area (Å²) in [5, 5.41) is 10.2. The van der Waals surface area contributed by atoms with E-state index in [9.17, 15) is 9.59 Å². The van der Waals surface area contributed by atoms with Crippen LogP contribution in [0.4, 0.5) is 0 Å². The Balaban J connectivity index is 1.54. The van der Waals surface area contributed by atoms with E-state index in [0.717, 1.165) is 11.3 Å². The van der Waals surface area contributed by atoms with Crippen LogP contribution in [-0.4, -0.2) is 76.0 Å². The number of thiophene rings is 1. The molecule has 8 nitrogen and oxygen atoms in total. The van der Waals surface area contributed by atoms with E-state index in [2.05, 4.69) is 15.1 Å². The molecule has 0 N–H and O–H groups in total. The van der Waals surface area contributed by atoms with E-state index in [1.807, 2.05) is 43.2 Å². The minimum absolute atomic E-state index is 0.0108. The highest BCUT2D eigenvalue weighted by molar-refractivity contribution is 7.13. The molecule has 0 unspecified atom stereocenters. The summed E-state index contributed by atoms with van der Waals surface area (Å²) < 4.78 is 5.74. The minimum atomic E-state index is 0.0108. The molecule has 3 heterocycles. The molecule has 0 aromatic carbocycles. The Kier molecular flexibility index (Phi) is 7.38. The zero-order valence-corrected chi connectivity index (χ0v) is 18.2. The molecule has 1 saturated heterocycles. The Bertz CT molecular complexity index is 797. The predicted molar refractivity (Wildman–Crippen MR) is 111 cm³/mol. The molecule has 2 aromatic rings. The minimum Gasteiger partial charge on any atom is -0.418 e. The van der Waals surface area contributed by atoms with Crippen molar-refractivity contribution in [2.45, 2.75) is 33.7 Å². The summed E-state index contributed by atoms with van der Waals surface area (Å²) in [6, 6.07) is 3.87. The molecule has 0 aliphatic carbocycles. The van der Waals surface area contributed by atoms with Crippen LogP contribution < -0.4 is 0 Å². The Labute approximate surface area is 175 Å². The molecule has 2 amide bonds. The molecule has 1 aliphatic heterocycles. The Morgan fingerprint density at radius 3 is 2.62 bits per heavy atom. The van der Waals surface area contributed by atoms with Crippen LogP contribution in [0.25, 0.3) is 10.8 Å². The van der Waals surface area contributed by atoms with Crippen LogP contribution in [0.1, 0.15) is 33.1 Å². The van der Waals surface area contributed by atoms with Crippen LogP contribution in [0.3, 0.4) is 0 Å². The lowest BCUT2D eigenvalue weighted by molar-refractivity contribution is -0.137. The van der Waals surface area contributed by atoms with Crippen molar-refractivity contribution in [3.8, 4) is 10.8 Å². The lowest BCUT2D eigenvalue weighted by Crippen LogP contribution is -2.52. The summed E-state index contributed by atoms with van der Waals surface area (Å²) in [6.45, 7) is 9.96. The third-order valence-electron chi connectivity index (χ3n) is 4.91. The standard InChI is InChI=1S/C20H29N5O3S/c1-4-7-25(13-17-21-22-19(28-17)16-6-5-12-29-16)18(26)14-23-8-10-24(11-9-23)20(27)15(2)3/h5-6,12,15H,4,7-11,13-14H2,1-3H3. The zero-order chi connectivity index (χ0) is 20.8. The number of carbonyl (C=O) groups is 2. The van der Waals surface area contributed by atoms with Gasteiger partial charge < -0.3 is 14.2 Å². The van der Waals surface area contributed by atoms with Gasteiger partial charge >= 0.3 is 0 Å². The summed E-state index contributed by atoms with van der Waals surface area (Å²) in [5.41, 5.74) is 0. The normalized spacial score (nSPS) is 15.1. The summed E-state index contributed by atoms with van der Waals surface area (Å²) >= 11 is 1.54. The average molecular weight is 420 g/mol. The summed E-state index contributed by atoms with van der Waals surface area (Å²) in [5.74, 6) is 1.18. The first-order chi connectivity index (χ1) is 14.0. The molecular formula is C20H29N5O3S. The van der Waals surface area contributed by atoms with Gasteiger partial charge in [0.1, 0.15) is 0 Å². The van der Waals surface area contributed by atoms with Crippen LogP contribution in [0, 0.1) is 5.92 Å². The quantitative estimate of drug-likeness (QED) is 0.653. The van der Waals surface area contributed by atoms with E-state index in [0.29, 0.717) is 57.6 Å². The Morgan fingerprint density at radius 2 is 2.00 bits per heavy atom. The number of carbonyl (C=O) groups excluding carboxylic acids is 2. The Morgan fingerprint density at radius 1 is 1.24 bits per heavy atom. The SMILES string of the molecule is CCCN(Cc1nnc(-c2cccs2)o1)C(=O)CN1CCN(C(=O)C(C)C)CC1. The van der Waals surface area contributed by atoms with Crippen LogP contribution in [0.15, 0.2) is 21.9 Å². The van der Waals surface area contributed by atoms with Gasteiger partial charge in [0.25, 0.3) is 5.89 Å². The first-order valence-electron chi connectivity index (χ1n) is 10.1. The van der Waals surface area contributed by atoms with E-state index in [1.54, 1.807) is 16.2 Å². The second-order valence-electron chi connectivity index (χ2n) is 7.55. The van der Waals surface area contributed by atoms with Gasteiger partial charge in [-0.25, -0.2) is 0 Å². The van der Waals surface area contributed by atoms with Crippen LogP contribution >= 0.6 is 11.3 Å². The van der Waals surface area contributed by atoms with E-state index < -0.39 is 0 Å². The number of amides is 2. The number of aromatic nitrogens is 2. The fourth-order valence-electron chi connectivity index (χ4n) is 3.33. The maximum atomic E-state index is 12.9. The second-order valence-corrected chi connectivity index (χ2v) is 8.50. The van der Waals surface area contributed by atoms with Gasteiger partial charge in [0.2, 0.25) is 17.7 Å². The fraction of sp³-hybridized carbons (Fsp3) is 0.600. The van der Waals surface area contributed by atoms with Gasteiger partial charge in [-0.1, -0.05) is 26.8 Å². The smallest absolute Gasteiger partial charge is 0.257 e. The highest BCUT2D eigenvalue weighted by atomic mass is 32.1. The third-order valence-corrected chi connectivity index (χ3v) is 5.77. The van der Waals surface area contributed by atoms with Crippen LogP contribution in [0.5, 0.6) is 0 Å². The fourth-order valence-corrected chi connectivity index (χ4v) is 3.97. The summed E-state index contributed by atoms with van der Waals surface area (Å²) in [7, 11) is 0. The Hall–Kier alpha value is -2.26. The van der Waals surface area contributed by atoms with Crippen molar-refractivity contribution in [1.82, 2.24) is 24.9 Å². The first kappa shape index (κ1) is 21.4. The van der Waals surface area contributed by atoms with Crippen LogP contribution in [-0.2, 0) is 16.1 Å². The molecule has 2 aromatic heterocycles. The molecule has 0 saturated carbocycles. The van der Waals surface area contributed by atoms with E-state index >= 15 is 0 Å². The lowest BCUT2D eigenvalue weighted by atomic mass is 10.1. The molecule has 0 bridgehead atoms. The van der Waals surface area contributed by atoms with Gasteiger partial charge in [0.15, 0.2) is 0 Å². The van der Waals surface area contributed by atoms with Crippen molar-refractivity contribution in [3.63, 3.8) is 0 Å². The molecule has 1 aliphatic rings. The number of hydrogen-bond acceptors (Lipinski definition) is 7. The molecule has 158 valence electrons. The number of piperazine rings is 1. The number of hydrogen-bond donors (Lipinski definition) is 0. The molecule has 0 spiro atoms. The highest BCUT2D eigenvalue weighted by Gasteiger charge is 2.25. The van der Waals surface area contributed by atoms with Gasteiger partial charge in [0, 0.05) is 38.6 Å². The zero-order valence-electron chi connectivity index (χ0n) is 17.3. The van der Waals surface area contributed by atoms with Crippen molar-refractivity contribution in [3.05, 3.63) is 23.4 Å². The van der Waals surface area contributed by atoms with Crippen molar-refractivity contribution < 1.29 is 14.0 Å². The second kappa shape index (κ2) is 9.98. The molecule has 9 heteroatoms. The molecule has 1 fully saturated rings. The molecule has 0 radical (unpaired) electrons. The van der Waals surface area contributed by atoms with Crippen molar-refractivity contribution >= 4 is 23.2 Å².